The van der Waals surface area contributed by atoms with Gasteiger partial charge in [-0.1, -0.05) is 6.07 Å². The minimum Gasteiger partial charge on any atom is -0.369 e. The van der Waals surface area contributed by atoms with Gasteiger partial charge >= 0.3 is 0 Å². The molecule has 4 aliphatic carbocycles. The van der Waals surface area contributed by atoms with Gasteiger partial charge in [0.2, 0.25) is 5.96 Å². The Labute approximate surface area is 157 Å². The number of carbonyl (C=O) groups excluding carboxylic acids is 1. The normalized spacial score (nSPS) is 34.4. The van der Waals surface area contributed by atoms with Gasteiger partial charge in [-0.25, -0.2) is 0 Å². The molecule has 4 bridgehead atoms. The molecule has 0 atom stereocenters. The third-order valence-corrected chi connectivity index (χ3v) is 6.92. The van der Waals surface area contributed by atoms with Crippen LogP contribution in [0.2, 0.25) is 0 Å². The lowest BCUT2D eigenvalue weighted by atomic mass is 9.49. The Kier molecular flexibility index (Phi) is 4.09. The van der Waals surface area contributed by atoms with Crippen molar-refractivity contribution in [2.75, 3.05) is 11.9 Å². The average molecular weight is 437 g/mol. The third kappa shape index (κ3) is 2.85. The standard InChI is InChI=1S/C19H24IN3O/c1-23(16-4-2-3-15(20)8-16)18(21)22-17(24)19-9-12-5-13(10-19)7-14(6-12)11-19/h2-4,8,12-14H,5-7,9-11H2,1H3,(H2,21,22,24). The number of amides is 1. The molecule has 1 aromatic rings. The van der Waals surface area contributed by atoms with Crippen molar-refractivity contribution in [3.05, 3.63) is 27.8 Å². The summed E-state index contributed by atoms with van der Waals surface area (Å²) in [7, 11) is 1.87. The smallest absolute Gasteiger partial charge is 0.255 e. The Bertz CT molecular complexity index is 664. The van der Waals surface area contributed by atoms with Crippen LogP contribution in [0, 0.1) is 26.7 Å². The summed E-state index contributed by atoms with van der Waals surface area (Å²) in [6.45, 7) is 0. The number of rotatable bonds is 2. The summed E-state index contributed by atoms with van der Waals surface area (Å²) in [5.74, 6) is 2.55. The van der Waals surface area contributed by atoms with Crippen molar-refractivity contribution in [2.24, 2.45) is 33.9 Å². The number of hydrogen-bond donors (Lipinski definition) is 1. The van der Waals surface area contributed by atoms with E-state index in [2.05, 4.69) is 27.6 Å². The zero-order valence-electron chi connectivity index (χ0n) is 14.0. The van der Waals surface area contributed by atoms with Crippen LogP contribution in [0.1, 0.15) is 38.5 Å². The average Bonchev–Trinajstić information content (AvgIpc) is 2.52. The molecule has 0 heterocycles. The van der Waals surface area contributed by atoms with Gasteiger partial charge in [0, 0.05) is 16.3 Å². The maximum absolute atomic E-state index is 13.0. The molecule has 1 amide bonds. The van der Waals surface area contributed by atoms with E-state index in [0.29, 0.717) is 5.96 Å². The van der Waals surface area contributed by atoms with Gasteiger partial charge in [-0.2, -0.15) is 4.99 Å². The number of halogens is 1. The summed E-state index contributed by atoms with van der Waals surface area (Å²) in [4.78, 5) is 19.2. The van der Waals surface area contributed by atoms with E-state index in [-0.39, 0.29) is 11.3 Å². The predicted molar refractivity (Wildman–Crippen MR) is 105 cm³/mol. The Morgan fingerprint density at radius 1 is 1.21 bits per heavy atom. The molecule has 1 aromatic carbocycles. The van der Waals surface area contributed by atoms with Crippen molar-refractivity contribution < 1.29 is 4.79 Å². The van der Waals surface area contributed by atoms with Crippen LogP contribution in [0.3, 0.4) is 0 Å². The quantitative estimate of drug-likeness (QED) is 0.435. The van der Waals surface area contributed by atoms with Gasteiger partial charge in [-0.05, 0) is 97.1 Å². The first kappa shape index (κ1) is 16.4. The summed E-state index contributed by atoms with van der Waals surface area (Å²) >= 11 is 2.27. The van der Waals surface area contributed by atoms with E-state index >= 15 is 0 Å². The Morgan fingerprint density at radius 3 is 2.33 bits per heavy atom. The number of aliphatic imine (C=N–C) groups is 1. The maximum Gasteiger partial charge on any atom is 0.255 e. The van der Waals surface area contributed by atoms with E-state index in [0.717, 1.165) is 46.3 Å². The molecule has 0 spiro atoms. The highest BCUT2D eigenvalue weighted by molar-refractivity contribution is 14.1. The molecule has 0 unspecified atom stereocenters. The molecule has 5 rings (SSSR count). The molecule has 0 radical (unpaired) electrons. The molecular formula is C19H24IN3O. The Hall–Kier alpha value is -1.11. The molecule has 5 heteroatoms. The van der Waals surface area contributed by atoms with Crippen LogP contribution in [0.25, 0.3) is 0 Å². The number of carbonyl (C=O) groups is 1. The number of guanidine groups is 1. The SMILES string of the molecule is CN(C(N)=NC(=O)C12CC3CC(CC(C3)C1)C2)c1cccc(I)c1. The largest absolute Gasteiger partial charge is 0.369 e. The summed E-state index contributed by atoms with van der Waals surface area (Å²) in [6, 6.07) is 8.05. The fourth-order valence-corrected chi connectivity index (χ4v) is 6.01. The summed E-state index contributed by atoms with van der Waals surface area (Å²) < 4.78 is 1.14. The minimum absolute atomic E-state index is 0.0246. The number of benzene rings is 1. The zero-order valence-corrected chi connectivity index (χ0v) is 16.2. The molecule has 4 aliphatic rings. The van der Waals surface area contributed by atoms with Gasteiger partial charge in [0.15, 0.2) is 0 Å². The van der Waals surface area contributed by atoms with Crippen molar-refractivity contribution in [3.8, 4) is 0 Å². The van der Waals surface area contributed by atoms with Gasteiger partial charge in [-0.15, -0.1) is 0 Å². The van der Waals surface area contributed by atoms with E-state index in [1.807, 2.05) is 31.3 Å². The van der Waals surface area contributed by atoms with Crippen LogP contribution in [0.4, 0.5) is 5.69 Å². The summed E-state index contributed by atoms with van der Waals surface area (Å²) in [5.41, 5.74) is 6.91. The molecule has 4 saturated carbocycles. The number of hydrogen-bond acceptors (Lipinski definition) is 1. The van der Waals surface area contributed by atoms with E-state index in [1.54, 1.807) is 4.90 Å². The zero-order chi connectivity index (χ0) is 16.9. The second-order valence-corrected chi connectivity index (χ2v) is 9.26. The lowest BCUT2D eigenvalue weighted by Gasteiger charge is -2.55. The predicted octanol–water partition coefficient (Wildman–Crippen LogP) is 3.79. The van der Waals surface area contributed by atoms with Gasteiger partial charge in [0.05, 0.1) is 5.41 Å². The second kappa shape index (κ2) is 6.00. The van der Waals surface area contributed by atoms with Crippen LogP contribution >= 0.6 is 22.6 Å². The third-order valence-electron chi connectivity index (χ3n) is 6.25. The summed E-state index contributed by atoms with van der Waals surface area (Å²) in [5, 5.41) is 0. The monoisotopic (exact) mass is 437 g/mol. The first-order chi connectivity index (χ1) is 11.4. The molecule has 24 heavy (non-hydrogen) atoms. The van der Waals surface area contributed by atoms with Crippen molar-refractivity contribution in [3.63, 3.8) is 0 Å². The molecular weight excluding hydrogens is 413 g/mol. The van der Waals surface area contributed by atoms with Crippen LogP contribution < -0.4 is 10.6 Å². The van der Waals surface area contributed by atoms with Crippen LogP contribution in [0.15, 0.2) is 29.3 Å². The minimum atomic E-state index is -0.217. The molecule has 2 N–H and O–H groups in total. The van der Waals surface area contributed by atoms with Crippen LogP contribution in [0.5, 0.6) is 0 Å². The molecule has 128 valence electrons. The Balaban J connectivity index is 1.55. The molecule has 0 saturated heterocycles. The fourth-order valence-electron chi connectivity index (χ4n) is 5.49. The van der Waals surface area contributed by atoms with E-state index in [4.69, 9.17) is 5.73 Å². The van der Waals surface area contributed by atoms with Crippen molar-refractivity contribution in [2.45, 2.75) is 38.5 Å². The maximum atomic E-state index is 13.0. The highest BCUT2D eigenvalue weighted by Crippen LogP contribution is 2.60. The lowest BCUT2D eigenvalue weighted by Crippen LogP contribution is -2.50. The number of nitrogens with two attached hydrogens (primary N) is 1. The van der Waals surface area contributed by atoms with Crippen LogP contribution in [-0.4, -0.2) is 18.9 Å². The molecule has 4 fully saturated rings. The second-order valence-electron chi connectivity index (χ2n) is 8.01. The van der Waals surface area contributed by atoms with Gasteiger partial charge in [0.25, 0.3) is 5.91 Å². The van der Waals surface area contributed by atoms with Gasteiger partial charge in [-0.3, -0.25) is 4.79 Å². The molecule has 0 aromatic heterocycles. The molecule has 4 nitrogen and oxygen atoms in total. The number of nitrogens with zero attached hydrogens (tertiary/aromatic N) is 2. The van der Waals surface area contributed by atoms with E-state index in [9.17, 15) is 4.79 Å². The van der Waals surface area contributed by atoms with Crippen molar-refractivity contribution >= 4 is 40.1 Å². The van der Waals surface area contributed by atoms with Crippen LogP contribution in [-0.2, 0) is 4.79 Å². The first-order valence-corrected chi connectivity index (χ1v) is 9.91. The highest BCUT2D eigenvalue weighted by atomic mass is 127. The summed E-state index contributed by atoms with van der Waals surface area (Å²) in [6.07, 6.45) is 7.07. The lowest BCUT2D eigenvalue weighted by molar-refractivity contribution is -0.142. The fraction of sp³-hybridized carbons (Fsp3) is 0.579. The Morgan fingerprint density at radius 2 is 1.79 bits per heavy atom. The first-order valence-electron chi connectivity index (χ1n) is 8.83. The highest BCUT2D eigenvalue weighted by Gasteiger charge is 2.54. The van der Waals surface area contributed by atoms with Gasteiger partial charge < -0.3 is 10.6 Å². The van der Waals surface area contributed by atoms with Crippen molar-refractivity contribution in [1.82, 2.24) is 0 Å². The van der Waals surface area contributed by atoms with Crippen molar-refractivity contribution in [1.29, 1.82) is 0 Å². The van der Waals surface area contributed by atoms with E-state index < -0.39 is 0 Å². The van der Waals surface area contributed by atoms with E-state index in [1.165, 1.54) is 19.3 Å². The molecule has 0 aliphatic heterocycles. The number of anilines is 1. The van der Waals surface area contributed by atoms with Gasteiger partial charge in [0.1, 0.15) is 0 Å². The topological polar surface area (TPSA) is 58.7 Å².